The number of benzene rings is 1. The Labute approximate surface area is 129 Å². The number of rotatable bonds is 4. The topological polar surface area (TPSA) is 49.4 Å². The number of hydrogen-bond donors (Lipinski definition) is 1. The summed E-state index contributed by atoms with van der Waals surface area (Å²) in [5, 5.41) is 3.08. The molecule has 6 heteroatoms. The monoisotopic (exact) mass is 322 g/mol. The highest BCUT2D eigenvalue weighted by atomic mass is 32.2. The molecule has 0 spiro atoms. The smallest absolute Gasteiger partial charge is 0.273 e. The van der Waals surface area contributed by atoms with E-state index < -0.39 is 10.0 Å². The van der Waals surface area contributed by atoms with E-state index in [0.29, 0.717) is 17.3 Å². The fourth-order valence-electron chi connectivity index (χ4n) is 2.62. The van der Waals surface area contributed by atoms with Crippen LogP contribution in [0.15, 0.2) is 34.5 Å². The van der Waals surface area contributed by atoms with Crippen LogP contribution in [0.5, 0.6) is 0 Å². The van der Waals surface area contributed by atoms with E-state index in [1.807, 2.05) is 38.2 Å². The summed E-state index contributed by atoms with van der Waals surface area (Å²) in [5.74, 6) is 0. The second kappa shape index (κ2) is 5.44. The van der Waals surface area contributed by atoms with Crippen molar-refractivity contribution in [3.63, 3.8) is 0 Å². The molecule has 1 aliphatic heterocycles. The van der Waals surface area contributed by atoms with Gasteiger partial charge in [-0.15, -0.1) is 11.3 Å². The standard InChI is InChI=1S/C15H18N2O2S2/c1-11-9-15(20-14(11)10-16-2)21(18,19)17-8-7-12-5-3-4-6-13(12)17/h3-6,9,16H,7-8,10H2,1-2H3. The second-order valence-electron chi connectivity index (χ2n) is 5.16. The molecule has 0 radical (unpaired) electrons. The van der Waals surface area contributed by atoms with E-state index in [1.54, 1.807) is 6.07 Å². The van der Waals surface area contributed by atoms with Crippen molar-refractivity contribution in [3.05, 3.63) is 46.3 Å². The summed E-state index contributed by atoms with van der Waals surface area (Å²) in [6.07, 6.45) is 0.781. The van der Waals surface area contributed by atoms with Crippen LogP contribution in [0.4, 0.5) is 5.69 Å². The van der Waals surface area contributed by atoms with Gasteiger partial charge in [-0.3, -0.25) is 4.31 Å². The molecule has 2 heterocycles. The fraction of sp³-hybridized carbons (Fsp3) is 0.333. The molecule has 1 aromatic carbocycles. The summed E-state index contributed by atoms with van der Waals surface area (Å²) in [4.78, 5) is 1.07. The van der Waals surface area contributed by atoms with Crippen molar-refractivity contribution >= 4 is 27.0 Å². The van der Waals surface area contributed by atoms with Crippen LogP contribution in [0, 0.1) is 6.92 Å². The summed E-state index contributed by atoms with van der Waals surface area (Å²) >= 11 is 1.36. The van der Waals surface area contributed by atoms with Crippen molar-refractivity contribution < 1.29 is 8.42 Å². The molecule has 0 aliphatic carbocycles. The third-order valence-electron chi connectivity index (χ3n) is 3.72. The zero-order chi connectivity index (χ0) is 15.0. The van der Waals surface area contributed by atoms with Gasteiger partial charge >= 0.3 is 0 Å². The Morgan fingerprint density at radius 3 is 2.86 bits per heavy atom. The first-order valence-corrected chi connectivity index (χ1v) is 9.14. The molecule has 0 amide bonds. The molecule has 0 atom stereocenters. The molecular formula is C15H18N2O2S2. The number of anilines is 1. The number of sulfonamides is 1. The van der Waals surface area contributed by atoms with Gasteiger partial charge in [0.1, 0.15) is 4.21 Å². The molecule has 0 bridgehead atoms. The highest BCUT2D eigenvalue weighted by molar-refractivity contribution is 7.94. The van der Waals surface area contributed by atoms with Crippen molar-refractivity contribution in [2.75, 3.05) is 17.9 Å². The fourth-order valence-corrected chi connectivity index (χ4v) is 5.84. The van der Waals surface area contributed by atoms with Crippen LogP contribution in [0.3, 0.4) is 0 Å². The van der Waals surface area contributed by atoms with E-state index in [0.717, 1.165) is 28.1 Å². The lowest BCUT2D eigenvalue weighted by Gasteiger charge is -2.18. The highest BCUT2D eigenvalue weighted by Crippen LogP contribution is 2.35. The van der Waals surface area contributed by atoms with Crippen LogP contribution in [0.2, 0.25) is 0 Å². The Morgan fingerprint density at radius 1 is 1.33 bits per heavy atom. The first-order chi connectivity index (χ1) is 10.0. The molecule has 3 rings (SSSR count). The van der Waals surface area contributed by atoms with E-state index in [-0.39, 0.29) is 0 Å². The molecule has 2 aromatic rings. The number of thiophene rings is 1. The molecule has 1 aromatic heterocycles. The lowest BCUT2D eigenvalue weighted by Crippen LogP contribution is -2.28. The number of aryl methyl sites for hydroxylation is 1. The molecule has 1 N–H and O–H groups in total. The quantitative estimate of drug-likeness (QED) is 0.941. The third-order valence-corrected chi connectivity index (χ3v) is 7.22. The summed E-state index contributed by atoms with van der Waals surface area (Å²) in [7, 11) is -1.58. The van der Waals surface area contributed by atoms with E-state index in [4.69, 9.17) is 0 Å². The molecule has 0 saturated heterocycles. The Balaban J connectivity index is 2.00. The maximum absolute atomic E-state index is 12.9. The minimum atomic E-state index is -3.45. The number of nitrogens with one attached hydrogen (secondary N) is 1. The molecule has 21 heavy (non-hydrogen) atoms. The predicted octanol–water partition coefficient (Wildman–Crippen LogP) is 2.53. The molecule has 0 saturated carbocycles. The van der Waals surface area contributed by atoms with Crippen molar-refractivity contribution in [3.8, 4) is 0 Å². The molecule has 112 valence electrons. The van der Waals surface area contributed by atoms with Gasteiger partial charge in [-0.25, -0.2) is 8.42 Å². The normalized spacial score (nSPS) is 14.5. The predicted molar refractivity (Wildman–Crippen MR) is 86.5 cm³/mol. The summed E-state index contributed by atoms with van der Waals surface area (Å²) in [6, 6.07) is 9.51. The van der Waals surface area contributed by atoms with Crippen molar-refractivity contribution in [2.45, 2.75) is 24.1 Å². The molecule has 0 fully saturated rings. The summed E-state index contributed by atoms with van der Waals surface area (Å²) in [5.41, 5.74) is 2.95. The van der Waals surface area contributed by atoms with Crippen molar-refractivity contribution in [2.24, 2.45) is 0 Å². The number of nitrogens with zero attached hydrogens (tertiary/aromatic N) is 1. The van der Waals surface area contributed by atoms with Gasteiger partial charge in [-0.05, 0) is 43.7 Å². The van der Waals surface area contributed by atoms with Gasteiger partial charge in [0.05, 0.1) is 5.69 Å². The van der Waals surface area contributed by atoms with Crippen LogP contribution in [-0.4, -0.2) is 22.0 Å². The number of para-hydroxylation sites is 1. The van der Waals surface area contributed by atoms with Crippen LogP contribution < -0.4 is 9.62 Å². The largest absolute Gasteiger partial charge is 0.315 e. The lowest BCUT2D eigenvalue weighted by atomic mass is 10.2. The minimum absolute atomic E-state index is 0.432. The lowest BCUT2D eigenvalue weighted by molar-refractivity contribution is 0.594. The Bertz CT molecular complexity index is 766. The third kappa shape index (κ3) is 2.47. The van der Waals surface area contributed by atoms with Crippen molar-refractivity contribution in [1.82, 2.24) is 5.32 Å². The highest BCUT2D eigenvalue weighted by Gasteiger charge is 2.32. The Kier molecular flexibility index (Phi) is 3.77. The zero-order valence-electron chi connectivity index (χ0n) is 12.1. The SMILES string of the molecule is CNCc1sc(S(=O)(=O)N2CCc3ccccc32)cc1C. The summed E-state index contributed by atoms with van der Waals surface area (Å²) in [6.45, 7) is 3.18. The Morgan fingerprint density at radius 2 is 2.10 bits per heavy atom. The first-order valence-electron chi connectivity index (χ1n) is 6.88. The van der Waals surface area contributed by atoms with E-state index >= 15 is 0 Å². The zero-order valence-corrected chi connectivity index (χ0v) is 13.7. The van der Waals surface area contributed by atoms with Crippen LogP contribution in [0.25, 0.3) is 0 Å². The van der Waals surface area contributed by atoms with E-state index in [9.17, 15) is 8.42 Å². The van der Waals surface area contributed by atoms with E-state index in [2.05, 4.69) is 5.32 Å². The molecule has 0 unspecified atom stereocenters. The molecular weight excluding hydrogens is 304 g/mol. The first kappa shape index (κ1) is 14.6. The van der Waals surface area contributed by atoms with E-state index in [1.165, 1.54) is 15.6 Å². The van der Waals surface area contributed by atoms with Gasteiger partial charge in [-0.2, -0.15) is 0 Å². The van der Waals surface area contributed by atoms with Crippen molar-refractivity contribution in [1.29, 1.82) is 0 Å². The van der Waals surface area contributed by atoms with Gasteiger partial charge < -0.3 is 5.32 Å². The van der Waals surface area contributed by atoms with Gasteiger partial charge in [0.15, 0.2) is 0 Å². The second-order valence-corrected chi connectivity index (χ2v) is 8.38. The maximum atomic E-state index is 12.9. The minimum Gasteiger partial charge on any atom is -0.315 e. The maximum Gasteiger partial charge on any atom is 0.273 e. The number of fused-ring (bicyclic) bond motifs is 1. The van der Waals surface area contributed by atoms with Crippen LogP contribution in [-0.2, 0) is 23.0 Å². The molecule has 1 aliphatic rings. The summed E-state index contributed by atoms with van der Waals surface area (Å²) < 4.78 is 27.7. The van der Waals surface area contributed by atoms with Gasteiger partial charge in [0.2, 0.25) is 0 Å². The van der Waals surface area contributed by atoms with Crippen LogP contribution >= 0.6 is 11.3 Å². The van der Waals surface area contributed by atoms with Crippen LogP contribution in [0.1, 0.15) is 16.0 Å². The number of hydrogen-bond acceptors (Lipinski definition) is 4. The average molecular weight is 322 g/mol. The molecule has 4 nitrogen and oxygen atoms in total. The van der Waals surface area contributed by atoms with Gasteiger partial charge in [0, 0.05) is 18.0 Å². The van der Waals surface area contributed by atoms with Gasteiger partial charge in [-0.1, -0.05) is 18.2 Å². The van der Waals surface area contributed by atoms with Gasteiger partial charge in [0.25, 0.3) is 10.0 Å². The average Bonchev–Trinajstić information content (AvgIpc) is 3.04. The Hall–Kier alpha value is -1.37.